The van der Waals surface area contributed by atoms with Crippen molar-refractivity contribution >= 4 is 5.97 Å². The van der Waals surface area contributed by atoms with Crippen LogP contribution >= 0.6 is 0 Å². The number of aromatic nitrogens is 2. The number of aromatic carboxylic acids is 1. The zero-order valence-electron chi connectivity index (χ0n) is 8.64. The number of imidazole rings is 1. The van der Waals surface area contributed by atoms with Gasteiger partial charge in [0.15, 0.2) is 0 Å². The summed E-state index contributed by atoms with van der Waals surface area (Å²) in [6.45, 7) is 3.27. The highest BCUT2D eigenvalue weighted by atomic mass is 16.5. The zero-order chi connectivity index (χ0) is 10.8. The van der Waals surface area contributed by atoms with E-state index in [2.05, 4.69) is 4.98 Å². The number of hydrogen-bond acceptors (Lipinski definition) is 3. The minimum Gasteiger partial charge on any atom is -0.477 e. The maximum Gasteiger partial charge on any atom is 0.354 e. The van der Waals surface area contributed by atoms with Crippen molar-refractivity contribution in [2.45, 2.75) is 32.4 Å². The molecule has 0 amide bonds. The lowest BCUT2D eigenvalue weighted by atomic mass is 10.2. The second kappa shape index (κ2) is 4.02. The van der Waals surface area contributed by atoms with Gasteiger partial charge in [-0.3, -0.25) is 0 Å². The fourth-order valence-electron chi connectivity index (χ4n) is 1.72. The third kappa shape index (κ3) is 1.87. The molecule has 1 aromatic heterocycles. The topological polar surface area (TPSA) is 64.4 Å². The number of carboxylic acids is 1. The van der Waals surface area contributed by atoms with Gasteiger partial charge in [-0.1, -0.05) is 6.92 Å². The molecular weight excluding hydrogens is 196 g/mol. The van der Waals surface area contributed by atoms with E-state index >= 15 is 0 Å². The van der Waals surface area contributed by atoms with Gasteiger partial charge in [0.25, 0.3) is 0 Å². The van der Waals surface area contributed by atoms with Gasteiger partial charge in [-0.15, -0.1) is 0 Å². The van der Waals surface area contributed by atoms with Gasteiger partial charge in [0.05, 0.1) is 24.7 Å². The van der Waals surface area contributed by atoms with Gasteiger partial charge in [0.1, 0.15) is 5.69 Å². The summed E-state index contributed by atoms with van der Waals surface area (Å²) in [6.07, 6.45) is 3.38. The van der Waals surface area contributed by atoms with Gasteiger partial charge >= 0.3 is 5.97 Å². The molecule has 82 valence electrons. The Balaban J connectivity index is 2.21. The van der Waals surface area contributed by atoms with Crippen LogP contribution in [0, 0.1) is 0 Å². The molecule has 5 nitrogen and oxygen atoms in total. The first-order valence-electron chi connectivity index (χ1n) is 5.11. The van der Waals surface area contributed by atoms with Gasteiger partial charge in [-0.05, 0) is 12.8 Å². The number of ether oxygens (including phenoxy) is 1. The maximum absolute atomic E-state index is 11.0. The fourth-order valence-corrected chi connectivity index (χ4v) is 1.72. The summed E-state index contributed by atoms with van der Waals surface area (Å²) in [6, 6.07) is 0. The van der Waals surface area contributed by atoms with Crippen LogP contribution in [0.25, 0.3) is 0 Å². The average Bonchev–Trinajstić information content (AvgIpc) is 2.54. The van der Waals surface area contributed by atoms with Crippen molar-refractivity contribution in [3.63, 3.8) is 0 Å². The molecule has 1 aliphatic heterocycles. The summed E-state index contributed by atoms with van der Waals surface area (Å²) in [7, 11) is 0. The highest BCUT2D eigenvalue weighted by Gasteiger charge is 2.23. The minimum atomic E-state index is -0.913. The molecule has 2 rings (SSSR count). The summed E-state index contributed by atoms with van der Waals surface area (Å²) < 4.78 is 6.94. The second-order valence-corrected chi connectivity index (χ2v) is 3.63. The van der Waals surface area contributed by atoms with E-state index < -0.39 is 5.97 Å². The Morgan fingerprint density at radius 3 is 3.00 bits per heavy atom. The van der Waals surface area contributed by atoms with Crippen LogP contribution < -0.4 is 0 Å². The molecule has 1 atom stereocenters. The fraction of sp³-hybridized carbons (Fsp3) is 0.600. The van der Waals surface area contributed by atoms with Crippen LogP contribution in [0.1, 0.15) is 29.5 Å². The van der Waals surface area contributed by atoms with E-state index in [-0.39, 0.29) is 6.10 Å². The Kier molecular flexibility index (Phi) is 2.73. The molecule has 0 bridgehead atoms. The molecule has 0 spiro atoms. The highest BCUT2D eigenvalue weighted by molar-refractivity contribution is 5.87. The smallest absolute Gasteiger partial charge is 0.354 e. The Morgan fingerprint density at radius 2 is 2.53 bits per heavy atom. The summed E-state index contributed by atoms with van der Waals surface area (Å²) in [5.74, 6) is -0.913. The van der Waals surface area contributed by atoms with Crippen LogP contribution in [-0.4, -0.2) is 33.3 Å². The van der Waals surface area contributed by atoms with Crippen LogP contribution in [0.4, 0.5) is 0 Å². The van der Waals surface area contributed by atoms with Crippen molar-refractivity contribution in [2.75, 3.05) is 6.61 Å². The number of nitrogens with zero attached hydrogens (tertiary/aromatic N) is 2. The molecule has 0 aliphatic carbocycles. The van der Waals surface area contributed by atoms with E-state index in [1.807, 2.05) is 6.92 Å². The van der Waals surface area contributed by atoms with E-state index in [0.29, 0.717) is 24.4 Å². The number of rotatable bonds is 4. The average molecular weight is 210 g/mol. The molecule has 1 N–H and O–H groups in total. The second-order valence-electron chi connectivity index (χ2n) is 3.63. The van der Waals surface area contributed by atoms with E-state index in [4.69, 9.17) is 9.84 Å². The molecule has 1 fully saturated rings. The summed E-state index contributed by atoms with van der Waals surface area (Å²) in [4.78, 5) is 15.1. The Labute approximate surface area is 87.7 Å². The quantitative estimate of drug-likeness (QED) is 0.803. The molecular formula is C10H14N2O3. The van der Waals surface area contributed by atoms with Gasteiger partial charge in [-0.25, -0.2) is 9.78 Å². The monoisotopic (exact) mass is 210 g/mol. The molecule has 5 heteroatoms. The van der Waals surface area contributed by atoms with Crippen LogP contribution in [0.2, 0.25) is 0 Å². The van der Waals surface area contributed by atoms with E-state index in [1.165, 1.54) is 0 Å². The minimum absolute atomic E-state index is 0.155. The molecule has 0 saturated carbocycles. The third-order valence-corrected chi connectivity index (χ3v) is 2.64. The first kappa shape index (κ1) is 10.2. The first-order valence-corrected chi connectivity index (χ1v) is 5.11. The Morgan fingerprint density at radius 1 is 1.80 bits per heavy atom. The van der Waals surface area contributed by atoms with Crippen molar-refractivity contribution in [2.24, 2.45) is 0 Å². The molecule has 0 aromatic carbocycles. The zero-order valence-corrected chi connectivity index (χ0v) is 8.64. The van der Waals surface area contributed by atoms with E-state index in [0.717, 1.165) is 13.0 Å². The molecule has 1 saturated heterocycles. The standard InChI is InChI=1S/C10H14N2O3/c1-2-8-9(10(13)14)12(6-11-8)5-7-3-4-15-7/h6-7H,2-5H2,1H3,(H,13,14)/t7-/m0/s1. The number of carbonyl (C=O) groups is 1. The normalized spacial score (nSPS) is 19.9. The molecule has 0 radical (unpaired) electrons. The summed E-state index contributed by atoms with van der Waals surface area (Å²) >= 11 is 0. The van der Waals surface area contributed by atoms with Crippen LogP contribution in [-0.2, 0) is 17.7 Å². The Bertz CT molecular complexity index is 369. The molecule has 0 unspecified atom stereocenters. The summed E-state index contributed by atoms with van der Waals surface area (Å²) in [5, 5.41) is 9.07. The first-order chi connectivity index (χ1) is 7.22. The Hall–Kier alpha value is -1.36. The SMILES string of the molecule is CCc1ncn(C[C@@H]2CCO2)c1C(=O)O. The lowest BCUT2D eigenvalue weighted by Gasteiger charge is -2.26. The van der Waals surface area contributed by atoms with Crippen molar-refractivity contribution in [1.29, 1.82) is 0 Å². The molecule has 1 aromatic rings. The summed E-state index contributed by atoms with van der Waals surface area (Å²) in [5.41, 5.74) is 0.940. The van der Waals surface area contributed by atoms with Crippen molar-refractivity contribution in [1.82, 2.24) is 9.55 Å². The van der Waals surface area contributed by atoms with Crippen LogP contribution in [0.3, 0.4) is 0 Å². The largest absolute Gasteiger partial charge is 0.477 e. The number of carboxylic acid groups (broad SMARTS) is 1. The van der Waals surface area contributed by atoms with Crippen molar-refractivity contribution < 1.29 is 14.6 Å². The maximum atomic E-state index is 11.0. The lowest BCUT2D eigenvalue weighted by molar-refractivity contribution is -0.0595. The highest BCUT2D eigenvalue weighted by Crippen LogP contribution is 2.16. The van der Waals surface area contributed by atoms with Gasteiger partial charge in [-0.2, -0.15) is 0 Å². The molecule has 2 heterocycles. The lowest BCUT2D eigenvalue weighted by Crippen LogP contribution is -2.32. The van der Waals surface area contributed by atoms with Crippen LogP contribution in [0.15, 0.2) is 6.33 Å². The number of hydrogen-bond donors (Lipinski definition) is 1. The molecule has 1 aliphatic rings. The van der Waals surface area contributed by atoms with E-state index in [9.17, 15) is 4.79 Å². The number of aryl methyl sites for hydroxylation is 1. The molecule has 15 heavy (non-hydrogen) atoms. The predicted octanol–water partition coefficient (Wildman–Crippen LogP) is 0.933. The van der Waals surface area contributed by atoms with Gasteiger partial charge in [0.2, 0.25) is 0 Å². The van der Waals surface area contributed by atoms with Crippen molar-refractivity contribution in [3.8, 4) is 0 Å². The predicted molar refractivity (Wildman–Crippen MR) is 52.9 cm³/mol. The van der Waals surface area contributed by atoms with Gasteiger partial charge < -0.3 is 14.4 Å². The third-order valence-electron chi connectivity index (χ3n) is 2.64. The van der Waals surface area contributed by atoms with Gasteiger partial charge in [0, 0.05) is 6.61 Å². The van der Waals surface area contributed by atoms with Crippen LogP contribution in [0.5, 0.6) is 0 Å². The van der Waals surface area contributed by atoms with Crippen molar-refractivity contribution in [3.05, 3.63) is 17.7 Å². The van der Waals surface area contributed by atoms with E-state index in [1.54, 1.807) is 10.9 Å².